The zero-order valence-electron chi connectivity index (χ0n) is 11.4. The Bertz CT molecular complexity index is 1000. The predicted molar refractivity (Wildman–Crippen MR) is 101 cm³/mol. The third-order valence-corrected chi connectivity index (χ3v) is 6.34. The Hall–Kier alpha value is -1.61. The second kappa shape index (κ2) is 6.12. The molecular formula is C15H8BrN3OS3. The van der Waals surface area contributed by atoms with Crippen LogP contribution in [-0.4, -0.2) is 15.9 Å². The van der Waals surface area contributed by atoms with Gasteiger partial charge in [0.05, 0.1) is 30.1 Å². The molecule has 0 aliphatic rings. The lowest BCUT2D eigenvalue weighted by Gasteiger charge is -2.01. The Balaban J connectivity index is 1.55. The van der Waals surface area contributed by atoms with Crippen LogP contribution in [0.15, 0.2) is 45.0 Å². The van der Waals surface area contributed by atoms with E-state index in [1.165, 1.54) is 22.7 Å². The Morgan fingerprint density at radius 2 is 2.09 bits per heavy atom. The van der Waals surface area contributed by atoms with Crippen LogP contribution in [0.25, 0.3) is 20.8 Å². The molecule has 0 aliphatic heterocycles. The van der Waals surface area contributed by atoms with Gasteiger partial charge in [0.1, 0.15) is 0 Å². The number of halogens is 1. The van der Waals surface area contributed by atoms with Crippen molar-refractivity contribution in [3.63, 3.8) is 0 Å². The summed E-state index contributed by atoms with van der Waals surface area (Å²) in [4.78, 5) is 22.1. The van der Waals surface area contributed by atoms with Crippen molar-refractivity contribution in [1.29, 1.82) is 0 Å². The number of carbonyl (C=O) groups excluding carboxylic acids is 1. The molecule has 114 valence electrons. The fraction of sp³-hybridized carbons (Fsp3) is 0. The molecule has 0 unspecified atom stereocenters. The van der Waals surface area contributed by atoms with Crippen LogP contribution in [-0.2, 0) is 0 Å². The van der Waals surface area contributed by atoms with Crippen molar-refractivity contribution in [2.75, 3.05) is 5.32 Å². The van der Waals surface area contributed by atoms with Crippen LogP contribution in [0.5, 0.6) is 0 Å². The molecule has 0 bridgehead atoms. The largest absolute Gasteiger partial charge is 0.298 e. The maximum Gasteiger partial charge on any atom is 0.257 e. The van der Waals surface area contributed by atoms with Crippen LogP contribution in [0, 0.1) is 0 Å². The number of hydrogen-bond donors (Lipinski definition) is 1. The van der Waals surface area contributed by atoms with Gasteiger partial charge in [-0.2, -0.15) is 0 Å². The van der Waals surface area contributed by atoms with E-state index in [1.807, 2.05) is 29.6 Å². The van der Waals surface area contributed by atoms with Gasteiger partial charge < -0.3 is 0 Å². The molecule has 0 saturated carbocycles. The molecule has 1 aromatic carbocycles. The Labute approximate surface area is 152 Å². The number of nitrogens with zero attached hydrogens (tertiary/aromatic N) is 2. The highest BCUT2D eigenvalue weighted by molar-refractivity contribution is 9.11. The standard InChI is InChI=1S/C15H8BrN3OS3/c16-13-4-3-11(23-13)10-6-21-15(18-10)19-14(20)8-1-2-9-12(5-8)22-7-17-9/h1-7H,(H,18,19,20). The van der Waals surface area contributed by atoms with Crippen molar-refractivity contribution >= 4 is 71.2 Å². The number of carbonyl (C=O) groups is 1. The van der Waals surface area contributed by atoms with Gasteiger partial charge in [-0.3, -0.25) is 10.1 Å². The minimum Gasteiger partial charge on any atom is -0.298 e. The molecule has 0 saturated heterocycles. The Morgan fingerprint density at radius 1 is 1.17 bits per heavy atom. The first-order valence-electron chi connectivity index (χ1n) is 6.55. The van der Waals surface area contributed by atoms with E-state index in [1.54, 1.807) is 22.9 Å². The van der Waals surface area contributed by atoms with E-state index in [4.69, 9.17) is 0 Å². The molecule has 23 heavy (non-hydrogen) atoms. The van der Waals surface area contributed by atoms with Gasteiger partial charge in [-0.25, -0.2) is 9.97 Å². The molecule has 8 heteroatoms. The number of aromatic nitrogens is 2. The van der Waals surface area contributed by atoms with Crippen LogP contribution in [0.4, 0.5) is 5.13 Å². The van der Waals surface area contributed by atoms with Crippen molar-refractivity contribution < 1.29 is 4.79 Å². The van der Waals surface area contributed by atoms with Gasteiger partial charge in [0, 0.05) is 10.9 Å². The predicted octanol–water partition coefficient (Wildman–Crippen LogP) is 5.50. The molecule has 4 rings (SSSR count). The van der Waals surface area contributed by atoms with Crippen molar-refractivity contribution in [2.24, 2.45) is 0 Å². The van der Waals surface area contributed by atoms with Crippen molar-refractivity contribution in [2.45, 2.75) is 0 Å². The lowest BCUT2D eigenvalue weighted by Crippen LogP contribution is -2.11. The summed E-state index contributed by atoms with van der Waals surface area (Å²) < 4.78 is 2.06. The zero-order chi connectivity index (χ0) is 15.8. The molecule has 0 atom stereocenters. The zero-order valence-corrected chi connectivity index (χ0v) is 15.5. The highest BCUT2D eigenvalue weighted by atomic mass is 79.9. The van der Waals surface area contributed by atoms with E-state index in [2.05, 4.69) is 31.2 Å². The van der Waals surface area contributed by atoms with Crippen molar-refractivity contribution in [3.05, 3.63) is 50.6 Å². The summed E-state index contributed by atoms with van der Waals surface area (Å²) in [6, 6.07) is 9.49. The van der Waals surface area contributed by atoms with E-state index in [0.29, 0.717) is 10.7 Å². The molecule has 3 aromatic heterocycles. The lowest BCUT2D eigenvalue weighted by molar-refractivity contribution is 0.102. The molecule has 3 heterocycles. The van der Waals surface area contributed by atoms with Gasteiger partial charge in [-0.15, -0.1) is 34.0 Å². The van der Waals surface area contributed by atoms with Crippen LogP contribution >= 0.6 is 49.9 Å². The van der Waals surface area contributed by atoms with E-state index in [0.717, 1.165) is 24.6 Å². The summed E-state index contributed by atoms with van der Waals surface area (Å²) >= 11 is 8.00. The normalized spacial score (nSPS) is 11.0. The third-order valence-electron chi connectivity index (χ3n) is 3.14. The fourth-order valence-electron chi connectivity index (χ4n) is 2.06. The van der Waals surface area contributed by atoms with E-state index < -0.39 is 0 Å². The maximum absolute atomic E-state index is 12.4. The first kappa shape index (κ1) is 14.9. The fourth-order valence-corrected chi connectivity index (χ4v) is 4.91. The molecule has 4 aromatic rings. The summed E-state index contributed by atoms with van der Waals surface area (Å²) in [7, 11) is 0. The summed E-state index contributed by atoms with van der Waals surface area (Å²) in [6.45, 7) is 0. The molecule has 0 radical (unpaired) electrons. The van der Waals surface area contributed by atoms with Gasteiger partial charge in [-0.1, -0.05) is 0 Å². The summed E-state index contributed by atoms with van der Waals surface area (Å²) in [5.41, 5.74) is 4.17. The quantitative estimate of drug-likeness (QED) is 0.475. The maximum atomic E-state index is 12.4. The highest BCUT2D eigenvalue weighted by Crippen LogP contribution is 2.33. The Kier molecular flexibility index (Phi) is 3.98. The average molecular weight is 422 g/mol. The number of thiophene rings is 1. The van der Waals surface area contributed by atoms with Gasteiger partial charge in [-0.05, 0) is 46.3 Å². The number of anilines is 1. The third kappa shape index (κ3) is 3.07. The topological polar surface area (TPSA) is 54.9 Å². The van der Waals surface area contributed by atoms with Gasteiger partial charge in [0.2, 0.25) is 0 Å². The molecule has 1 amide bonds. The number of benzene rings is 1. The van der Waals surface area contributed by atoms with Gasteiger partial charge in [0.15, 0.2) is 5.13 Å². The smallest absolute Gasteiger partial charge is 0.257 e. The number of thiazole rings is 2. The van der Waals surface area contributed by atoms with Crippen molar-refractivity contribution in [1.82, 2.24) is 9.97 Å². The van der Waals surface area contributed by atoms with Gasteiger partial charge >= 0.3 is 0 Å². The molecular weight excluding hydrogens is 414 g/mol. The summed E-state index contributed by atoms with van der Waals surface area (Å²) in [5, 5.41) is 5.40. The number of fused-ring (bicyclic) bond motifs is 1. The van der Waals surface area contributed by atoms with Crippen LogP contribution in [0.1, 0.15) is 10.4 Å². The van der Waals surface area contributed by atoms with Gasteiger partial charge in [0.25, 0.3) is 5.91 Å². The minimum absolute atomic E-state index is 0.159. The number of rotatable bonds is 3. The lowest BCUT2D eigenvalue weighted by atomic mass is 10.2. The highest BCUT2D eigenvalue weighted by Gasteiger charge is 2.12. The van der Waals surface area contributed by atoms with Crippen LogP contribution in [0.2, 0.25) is 0 Å². The van der Waals surface area contributed by atoms with Crippen molar-refractivity contribution in [3.8, 4) is 10.6 Å². The minimum atomic E-state index is -0.159. The first-order chi connectivity index (χ1) is 11.2. The average Bonchev–Trinajstić information content (AvgIpc) is 3.26. The Morgan fingerprint density at radius 3 is 2.91 bits per heavy atom. The monoisotopic (exact) mass is 421 g/mol. The van der Waals surface area contributed by atoms with E-state index >= 15 is 0 Å². The number of hydrogen-bond acceptors (Lipinski definition) is 6. The van der Waals surface area contributed by atoms with Crippen LogP contribution in [0.3, 0.4) is 0 Å². The second-order valence-corrected chi connectivity index (χ2v) is 8.84. The van der Waals surface area contributed by atoms with E-state index in [-0.39, 0.29) is 5.91 Å². The number of nitrogens with one attached hydrogen (secondary N) is 1. The molecule has 1 N–H and O–H groups in total. The second-order valence-electron chi connectivity index (χ2n) is 4.63. The summed E-state index contributed by atoms with van der Waals surface area (Å²) in [5.74, 6) is -0.159. The SMILES string of the molecule is O=C(Nc1nc(-c2ccc(Br)s2)cs1)c1ccc2ncsc2c1. The molecule has 0 aliphatic carbocycles. The van der Waals surface area contributed by atoms with Crippen LogP contribution < -0.4 is 5.32 Å². The number of amides is 1. The molecule has 4 nitrogen and oxygen atoms in total. The summed E-state index contributed by atoms with van der Waals surface area (Å²) in [6.07, 6.45) is 0. The first-order valence-corrected chi connectivity index (χ1v) is 9.92. The molecule has 0 spiro atoms. The molecule has 0 fully saturated rings. The van der Waals surface area contributed by atoms with E-state index in [9.17, 15) is 4.79 Å².